The minimum Gasteiger partial charge on any atom is -0.473 e. The molecule has 42 heavy (non-hydrogen) atoms. The number of nitrogens with zero attached hydrogens (tertiary/aromatic N) is 5. The van der Waals surface area contributed by atoms with Gasteiger partial charge in [0.15, 0.2) is 17.3 Å². The standard InChI is InChI=1S/C32H45N5O5/c1-20(24-11-9-16-36(24)5)40-26-18-23(21-13-17-37(19-21)30(39)41-31(2,3)4)33-29(34-26)27-22-10-8-15-32(28(22)42-35-27)14-7-6-12-25(32)38/h18,20-21,24H,6-17,19H2,1-5H3/t20-,21-,24-,32+/m0/s1. The first-order chi connectivity index (χ1) is 20.0. The van der Waals surface area contributed by atoms with Crippen LogP contribution in [0.5, 0.6) is 5.88 Å². The summed E-state index contributed by atoms with van der Waals surface area (Å²) >= 11 is 0. The molecule has 10 heteroatoms. The predicted octanol–water partition coefficient (Wildman–Crippen LogP) is 5.43. The summed E-state index contributed by atoms with van der Waals surface area (Å²) in [5.41, 5.74) is 1.29. The number of hydrogen-bond acceptors (Lipinski definition) is 9. The van der Waals surface area contributed by atoms with Crippen LogP contribution in [0.2, 0.25) is 0 Å². The highest BCUT2D eigenvalue weighted by molar-refractivity contribution is 5.91. The minimum absolute atomic E-state index is 0.0140. The number of carbonyl (C=O) groups is 2. The molecule has 4 atom stereocenters. The van der Waals surface area contributed by atoms with Crippen LogP contribution >= 0.6 is 0 Å². The molecular formula is C32H45N5O5. The van der Waals surface area contributed by atoms with Crippen LogP contribution in [-0.2, 0) is 21.4 Å². The molecule has 1 amide bonds. The second-order valence-corrected chi connectivity index (χ2v) is 13.8. The number of ketones is 1. The highest BCUT2D eigenvalue weighted by Gasteiger charge is 2.48. The zero-order valence-electron chi connectivity index (χ0n) is 25.8. The molecule has 0 radical (unpaired) electrons. The van der Waals surface area contributed by atoms with Gasteiger partial charge in [-0.3, -0.25) is 9.69 Å². The van der Waals surface area contributed by atoms with E-state index in [0.29, 0.717) is 43.0 Å². The lowest BCUT2D eigenvalue weighted by atomic mass is 9.64. The Morgan fingerprint density at radius 3 is 2.64 bits per heavy atom. The van der Waals surface area contributed by atoms with Crippen molar-refractivity contribution in [3.05, 3.63) is 23.1 Å². The summed E-state index contributed by atoms with van der Waals surface area (Å²) in [5.74, 6) is 1.99. The molecule has 2 aliphatic carbocycles. The van der Waals surface area contributed by atoms with E-state index in [0.717, 1.165) is 81.3 Å². The molecular weight excluding hydrogens is 534 g/mol. The van der Waals surface area contributed by atoms with Crippen molar-refractivity contribution in [2.45, 2.75) is 121 Å². The summed E-state index contributed by atoms with van der Waals surface area (Å²) in [6, 6.07) is 2.25. The summed E-state index contributed by atoms with van der Waals surface area (Å²) in [7, 11) is 2.14. The van der Waals surface area contributed by atoms with Crippen LogP contribution in [0.4, 0.5) is 4.79 Å². The molecule has 2 aliphatic heterocycles. The quantitative estimate of drug-likeness (QED) is 0.457. The van der Waals surface area contributed by atoms with Crippen molar-refractivity contribution in [2.75, 3.05) is 26.7 Å². The Morgan fingerprint density at radius 2 is 1.90 bits per heavy atom. The molecule has 1 saturated carbocycles. The molecule has 1 spiro atoms. The Balaban J connectivity index is 1.34. The molecule has 10 nitrogen and oxygen atoms in total. The van der Waals surface area contributed by atoms with Crippen molar-refractivity contribution >= 4 is 11.9 Å². The molecule has 228 valence electrons. The van der Waals surface area contributed by atoms with Crippen molar-refractivity contribution in [3.8, 4) is 17.4 Å². The minimum atomic E-state index is -0.561. The van der Waals surface area contributed by atoms with E-state index in [9.17, 15) is 9.59 Å². The van der Waals surface area contributed by atoms with E-state index in [1.165, 1.54) is 0 Å². The van der Waals surface area contributed by atoms with Crippen LogP contribution in [-0.4, -0.2) is 81.2 Å². The van der Waals surface area contributed by atoms with Crippen LogP contribution < -0.4 is 4.74 Å². The Labute approximate surface area is 248 Å². The number of likely N-dealkylation sites (tertiary alicyclic amines) is 2. The monoisotopic (exact) mass is 579 g/mol. The zero-order chi connectivity index (χ0) is 29.6. The van der Waals surface area contributed by atoms with Crippen molar-refractivity contribution in [1.82, 2.24) is 24.9 Å². The highest BCUT2D eigenvalue weighted by atomic mass is 16.6. The van der Waals surface area contributed by atoms with Gasteiger partial charge in [0.05, 0.1) is 11.1 Å². The van der Waals surface area contributed by atoms with Gasteiger partial charge in [-0.25, -0.2) is 9.78 Å². The topological polar surface area (TPSA) is 111 Å². The zero-order valence-corrected chi connectivity index (χ0v) is 25.8. The number of likely N-dealkylation sites (N-methyl/N-ethyl adjacent to an activating group) is 1. The summed E-state index contributed by atoms with van der Waals surface area (Å²) in [6.45, 7) is 9.92. The van der Waals surface area contributed by atoms with E-state index < -0.39 is 11.0 Å². The van der Waals surface area contributed by atoms with E-state index in [1.54, 1.807) is 4.90 Å². The molecule has 4 heterocycles. The number of fused-ring (bicyclic) bond motifs is 2. The van der Waals surface area contributed by atoms with Gasteiger partial charge in [-0.15, -0.1) is 0 Å². The van der Waals surface area contributed by atoms with Crippen LogP contribution in [0, 0.1) is 0 Å². The fourth-order valence-corrected chi connectivity index (χ4v) is 7.48. The van der Waals surface area contributed by atoms with E-state index >= 15 is 0 Å². The van der Waals surface area contributed by atoms with Crippen molar-refractivity contribution in [3.63, 3.8) is 0 Å². The average molecular weight is 580 g/mol. The summed E-state index contributed by atoms with van der Waals surface area (Å²) < 4.78 is 18.2. The number of amides is 1. The maximum Gasteiger partial charge on any atom is 0.410 e. The molecule has 6 rings (SSSR count). The predicted molar refractivity (Wildman–Crippen MR) is 157 cm³/mol. The molecule has 0 N–H and O–H groups in total. The summed E-state index contributed by atoms with van der Waals surface area (Å²) in [6.07, 6.45) is 8.55. The lowest BCUT2D eigenvalue weighted by Gasteiger charge is -2.36. The Hall–Kier alpha value is -3.01. The molecule has 0 bridgehead atoms. The van der Waals surface area contributed by atoms with Crippen LogP contribution in [0.15, 0.2) is 10.6 Å². The second-order valence-electron chi connectivity index (χ2n) is 13.8. The largest absolute Gasteiger partial charge is 0.473 e. The molecule has 2 aromatic rings. The maximum absolute atomic E-state index is 13.2. The lowest BCUT2D eigenvalue weighted by Crippen LogP contribution is -2.41. The third-order valence-electron chi connectivity index (χ3n) is 9.66. The van der Waals surface area contributed by atoms with Crippen molar-refractivity contribution in [1.29, 1.82) is 0 Å². The van der Waals surface area contributed by atoms with Crippen LogP contribution in [0.3, 0.4) is 0 Å². The van der Waals surface area contributed by atoms with Gasteiger partial charge in [0.25, 0.3) is 0 Å². The van der Waals surface area contributed by atoms with Crippen molar-refractivity contribution in [2.24, 2.45) is 0 Å². The smallest absolute Gasteiger partial charge is 0.410 e. The van der Waals surface area contributed by atoms with Gasteiger partial charge in [-0.05, 0) is 92.7 Å². The van der Waals surface area contributed by atoms with Crippen molar-refractivity contribution < 1.29 is 23.6 Å². The number of ether oxygens (including phenoxy) is 2. The average Bonchev–Trinajstić information content (AvgIpc) is 3.69. The third-order valence-corrected chi connectivity index (χ3v) is 9.66. The number of Topliss-reactive ketones (excluding diaryl/α,β-unsaturated/α-hetero) is 1. The number of aromatic nitrogens is 3. The second kappa shape index (κ2) is 11.2. The van der Waals surface area contributed by atoms with E-state index in [-0.39, 0.29) is 23.9 Å². The number of carbonyl (C=O) groups excluding carboxylic acids is 2. The highest BCUT2D eigenvalue weighted by Crippen LogP contribution is 2.47. The molecule has 2 saturated heterocycles. The Bertz CT molecular complexity index is 1340. The van der Waals surface area contributed by atoms with E-state index in [1.807, 2.05) is 26.8 Å². The summed E-state index contributed by atoms with van der Waals surface area (Å²) in [4.78, 5) is 40.0. The van der Waals surface area contributed by atoms with E-state index in [4.69, 9.17) is 24.0 Å². The Kier molecular flexibility index (Phi) is 7.79. The van der Waals surface area contributed by atoms with Gasteiger partial charge in [-0.2, -0.15) is 4.98 Å². The number of hydrogen-bond donors (Lipinski definition) is 0. The van der Waals surface area contributed by atoms with Gasteiger partial charge in [0.1, 0.15) is 17.5 Å². The maximum atomic E-state index is 13.2. The van der Waals surface area contributed by atoms with Gasteiger partial charge < -0.3 is 18.9 Å². The van der Waals surface area contributed by atoms with Gasteiger partial charge in [0.2, 0.25) is 5.88 Å². The normalized spacial score (nSPS) is 27.4. The fraction of sp³-hybridized carbons (Fsp3) is 0.719. The van der Waals surface area contributed by atoms with Gasteiger partial charge >= 0.3 is 6.09 Å². The SMILES string of the molecule is C[C@H](Oc1cc([C@H]2CCN(C(=O)OC(C)(C)C)C2)nc(-c2noc3c2CCC[C@@]32CCCCC2=O)n1)[C@@H]1CCCN1C. The molecule has 2 aromatic heterocycles. The van der Waals surface area contributed by atoms with Crippen LogP contribution in [0.1, 0.15) is 108 Å². The fourth-order valence-electron chi connectivity index (χ4n) is 7.48. The lowest BCUT2D eigenvalue weighted by molar-refractivity contribution is -0.128. The first-order valence-electron chi connectivity index (χ1n) is 15.8. The third kappa shape index (κ3) is 5.54. The first kappa shape index (κ1) is 29.1. The van der Waals surface area contributed by atoms with Gasteiger partial charge in [0, 0.05) is 43.1 Å². The molecule has 4 aliphatic rings. The van der Waals surface area contributed by atoms with Gasteiger partial charge in [-0.1, -0.05) is 11.6 Å². The first-order valence-corrected chi connectivity index (χ1v) is 15.8. The van der Waals surface area contributed by atoms with Crippen LogP contribution in [0.25, 0.3) is 11.5 Å². The van der Waals surface area contributed by atoms with E-state index in [2.05, 4.69) is 24.0 Å². The number of rotatable bonds is 5. The molecule has 0 aromatic carbocycles. The molecule has 3 fully saturated rings. The Morgan fingerprint density at radius 1 is 1.10 bits per heavy atom. The summed E-state index contributed by atoms with van der Waals surface area (Å²) in [5, 5.41) is 4.51. The molecule has 0 unspecified atom stereocenters.